The van der Waals surface area contributed by atoms with Gasteiger partial charge in [-0.05, 0) is 19.9 Å². The van der Waals surface area contributed by atoms with Crippen LogP contribution in [0.3, 0.4) is 0 Å². The maximum absolute atomic E-state index is 3.76. The molecule has 1 nitrogen and oxygen atoms in total. The molecule has 0 aliphatic heterocycles. The van der Waals surface area contributed by atoms with Gasteiger partial charge >= 0.3 is 0 Å². The van der Waals surface area contributed by atoms with Gasteiger partial charge < -0.3 is 0 Å². The molecule has 0 aliphatic rings. The Bertz CT molecular complexity index is 110. The van der Waals surface area contributed by atoms with Gasteiger partial charge in [0.1, 0.15) is 0 Å². The summed E-state index contributed by atoms with van der Waals surface area (Å²) in [5.41, 5.74) is 0. The summed E-state index contributed by atoms with van der Waals surface area (Å²) >= 11 is 0. The quantitative estimate of drug-likeness (QED) is 0.529. The summed E-state index contributed by atoms with van der Waals surface area (Å²) in [5.74, 6) is 0. The average Bonchev–Trinajstić information content (AvgIpc) is 2.06. The minimum absolute atomic E-state index is 0.753. The van der Waals surface area contributed by atoms with E-state index >= 15 is 0 Å². The van der Waals surface area contributed by atoms with Gasteiger partial charge in [0.25, 0.3) is 0 Å². The molecule has 12 heavy (non-hydrogen) atoms. The van der Waals surface area contributed by atoms with Crippen molar-refractivity contribution in [3.63, 3.8) is 0 Å². The molecule has 0 fully saturated rings. The summed E-state index contributed by atoms with van der Waals surface area (Å²) in [6, 6.07) is 0.753. The zero-order valence-corrected chi connectivity index (χ0v) is 8.84. The lowest BCUT2D eigenvalue weighted by Gasteiger charge is -2.25. The maximum atomic E-state index is 3.76. The molecular weight excluding hydrogens is 146 g/mol. The second-order valence-corrected chi connectivity index (χ2v) is 3.43. The molecule has 1 unspecified atom stereocenters. The van der Waals surface area contributed by atoms with Crippen molar-refractivity contribution in [1.82, 2.24) is 4.90 Å². The van der Waals surface area contributed by atoms with E-state index in [1.807, 2.05) is 6.08 Å². The number of unbranched alkanes of at least 4 members (excludes halogenated alkanes) is 1. The monoisotopic (exact) mass is 169 g/mol. The number of rotatable bonds is 7. The summed E-state index contributed by atoms with van der Waals surface area (Å²) in [6.07, 6.45) is 7.22. The van der Waals surface area contributed by atoms with Crippen LogP contribution >= 0.6 is 0 Å². The molecule has 1 atom stereocenters. The molecule has 0 aliphatic carbocycles. The summed E-state index contributed by atoms with van der Waals surface area (Å²) in [7, 11) is 2.19. The third kappa shape index (κ3) is 4.55. The summed E-state index contributed by atoms with van der Waals surface area (Å²) in [5, 5.41) is 0. The van der Waals surface area contributed by atoms with Crippen molar-refractivity contribution in [2.75, 3.05) is 13.6 Å². The Morgan fingerprint density at radius 2 is 2.08 bits per heavy atom. The maximum Gasteiger partial charge on any atom is 0.0160 e. The standard InChI is InChI=1S/C11H23N/c1-5-8-9-11(7-3)12(4)10-6-2/h6,11H,2,5,7-10H2,1,3-4H3. The second-order valence-electron chi connectivity index (χ2n) is 3.43. The highest BCUT2D eigenvalue weighted by Crippen LogP contribution is 2.10. The van der Waals surface area contributed by atoms with Gasteiger partial charge in [-0.2, -0.15) is 0 Å². The Balaban J connectivity index is 3.69. The lowest BCUT2D eigenvalue weighted by molar-refractivity contribution is 0.242. The average molecular weight is 169 g/mol. The minimum atomic E-state index is 0.753. The molecule has 0 rings (SSSR count). The first-order valence-electron chi connectivity index (χ1n) is 5.07. The highest BCUT2D eigenvalue weighted by molar-refractivity contribution is 4.76. The first-order valence-corrected chi connectivity index (χ1v) is 5.07. The Morgan fingerprint density at radius 3 is 2.50 bits per heavy atom. The molecule has 0 aromatic heterocycles. The highest BCUT2D eigenvalue weighted by Gasteiger charge is 2.09. The van der Waals surface area contributed by atoms with Crippen LogP contribution in [0.4, 0.5) is 0 Å². The van der Waals surface area contributed by atoms with Gasteiger partial charge in [0.2, 0.25) is 0 Å². The fourth-order valence-electron chi connectivity index (χ4n) is 1.53. The Hall–Kier alpha value is -0.300. The predicted octanol–water partition coefficient (Wildman–Crippen LogP) is 3.07. The van der Waals surface area contributed by atoms with Crippen molar-refractivity contribution in [1.29, 1.82) is 0 Å². The van der Waals surface area contributed by atoms with Gasteiger partial charge in [-0.1, -0.05) is 32.8 Å². The fourth-order valence-corrected chi connectivity index (χ4v) is 1.53. The Kier molecular flexibility index (Phi) is 7.17. The zero-order valence-electron chi connectivity index (χ0n) is 8.84. The molecule has 0 spiro atoms. The van der Waals surface area contributed by atoms with E-state index in [0.29, 0.717) is 0 Å². The van der Waals surface area contributed by atoms with Gasteiger partial charge in [-0.15, -0.1) is 6.58 Å². The van der Waals surface area contributed by atoms with Gasteiger partial charge in [0, 0.05) is 12.6 Å². The zero-order chi connectivity index (χ0) is 9.40. The van der Waals surface area contributed by atoms with Crippen LogP contribution in [0.5, 0.6) is 0 Å². The number of nitrogens with zero attached hydrogens (tertiary/aromatic N) is 1. The smallest absolute Gasteiger partial charge is 0.0160 e. The normalized spacial score (nSPS) is 13.3. The first-order chi connectivity index (χ1) is 5.76. The third-order valence-electron chi connectivity index (χ3n) is 2.40. The molecule has 0 aromatic carbocycles. The molecule has 0 amide bonds. The summed E-state index contributed by atoms with van der Waals surface area (Å²) < 4.78 is 0. The van der Waals surface area contributed by atoms with E-state index in [2.05, 4.69) is 32.4 Å². The van der Waals surface area contributed by atoms with Crippen molar-refractivity contribution in [2.24, 2.45) is 0 Å². The van der Waals surface area contributed by atoms with E-state index in [-0.39, 0.29) is 0 Å². The largest absolute Gasteiger partial charge is 0.300 e. The summed E-state index contributed by atoms with van der Waals surface area (Å²) in [4.78, 5) is 2.39. The molecule has 0 bridgehead atoms. The van der Waals surface area contributed by atoms with Crippen LogP contribution in [0.15, 0.2) is 12.7 Å². The van der Waals surface area contributed by atoms with Crippen molar-refractivity contribution in [2.45, 2.75) is 45.6 Å². The van der Waals surface area contributed by atoms with E-state index in [1.54, 1.807) is 0 Å². The molecule has 72 valence electrons. The first kappa shape index (κ1) is 11.7. The van der Waals surface area contributed by atoms with E-state index in [0.717, 1.165) is 12.6 Å². The van der Waals surface area contributed by atoms with Crippen LogP contribution in [-0.4, -0.2) is 24.5 Å². The molecule has 0 aromatic rings. The molecule has 0 saturated carbocycles. The van der Waals surface area contributed by atoms with Crippen LogP contribution in [0.1, 0.15) is 39.5 Å². The third-order valence-corrected chi connectivity index (χ3v) is 2.40. The Morgan fingerprint density at radius 1 is 1.42 bits per heavy atom. The van der Waals surface area contributed by atoms with Gasteiger partial charge in [0.15, 0.2) is 0 Å². The molecule has 0 N–H and O–H groups in total. The topological polar surface area (TPSA) is 3.24 Å². The molecule has 0 saturated heterocycles. The predicted molar refractivity (Wildman–Crippen MR) is 56.4 cm³/mol. The van der Waals surface area contributed by atoms with Crippen LogP contribution in [-0.2, 0) is 0 Å². The number of hydrogen-bond donors (Lipinski definition) is 0. The van der Waals surface area contributed by atoms with Crippen molar-refractivity contribution in [3.8, 4) is 0 Å². The van der Waals surface area contributed by atoms with E-state index in [1.165, 1.54) is 25.7 Å². The second kappa shape index (κ2) is 7.35. The van der Waals surface area contributed by atoms with Gasteiger partial charge in [0.05, 0.1) is 0 Å². The van der Waals surface area contributed by atoms with E-state index < -0.39 is 0 Å². The summed E-state index contributed by atoms with van der Waals surface area (Å²) in [6.45, 7) is 9.29. The van der Waals surface area contributed by atoms with Crippen LogP contribution in [0.25, 0.3) is 0 Å². The SMILES string of the molecule is C=CCN(C)C(CC)CCCC. The molecular formula is C11H23N. The number of likely N-dealkylation sites (N-methyl/N-ethyl adjacent to an activating group) is 1. The molecule has 0 heterocycles. The minimum Gasteiger partial charge on any atom is -0.300 e. The molecule has 1 heteroatoms. The van der Waals surface area contributed by atoms with Crippen LogP contribution in [0.2, 0.25) is 0 Å². The van der Waals surface area contributed by atoms with E-state index in [9.17, 15) is 0 Å². The van der Waals surface area contributed by atoms with E-state index in [4.69, 9.17) is 0 Å². The lowest BCUT2D eigenvalue weighted by atomic mass is 10.1. The lowest BCUT2D eigenvalue weighted by Crippen LogP contribution is -2.31. The van der Waals surface area contributed by atoms with Crippen LogP contribution in [0, 0.1) is 0 Å². The van der Waals surface area contributed by atoms with Crippen LogP contribution < -0.4 is 0 Å². The Labute approximate surface area is 77.5 Å². The van der Waals surface area contributed by atoms with Gasteiger partial charge in [-0.3, -0.25) is 4.90 Å². The molecule has 0 radical (unpaired) electrons. The number of hydrogen-bond acceptors (Lipinski definition) is 1. The highest BCUT2D eigenvalue weighted by atomic mass is 15.1. The van der Waals surface area contributed by atoms with Gasteiger partial charge in [-0.25, -0.2) is 0 Å². The van der Waals surface area contributed by atoms with Crippen molar-refractivity contribution < 1.29 is 0 Å². The fraction of sp³-hybridized carbons (Fsp3) is 0.818. The van der Waals surface area contributed by atoms with Crippen molar-refractivity contribution >= 4 is 0 Å². The van der Waals surface area contributed by atoms with Crippen molar-refractivity contribution in [3.05, 3.63) is 12.7 Å².